The van der Waals surface area contributed by atoms with Crippen LogP contribution in [0.15, 0.2) is 29.4 Å². The molecule has 0 radical (unpaired) electrons. The van der Waals surface area contributed by atoms with Gasteiger partial charge in [0.25, 0.3) is 0 Å². The van der Waals surface area contributed by atoms with E-state index in [1.165, 1.54) is 12.1 Å². The minimum absolute atomic E-state index is 0.0699. The summed E-state index contributed by atoms with van der Waals surface area (Å²) in [5.41, 5.74) is 0.820. The molecule has 1 N–H and O–H groups in total. The predicted molar refractivity (Wildman–Crippen MR) is 77.9 cm³/mol. The van der Waals surface area contributed by atoms with Gasteiger partial charge in [-0.3, -0.25) is 9.36 Å². The van der Waals surface area contributed by atoms with Gasteiger partial charge >= 0.3 is 5.97 Å². The second-order valence-corrected chi connectivity index (χ2v) is 5.45. The Labute approximate surface area is 125 Å². The second kappa shape index (κ2) is 6.57. The first-order chi connectivity index (χ1) is 9.97. The number of anilines is 1. The highest BCUT2D eigenvalue weighted by Gasteiger charge is 2.14. The fourth-order valence-electron chi connectivity index (χ4n) is 1.87. The van der Waals surface area contributed by atoms with Gasteiger partial charge in [-0.1, -0.05) is 23.9 Å². The number of nitrogens with zero attached hydrogens (tertiary/aromatic N) is 4. The number of halogens is 1. The van der Waals surface area contributed by atoms with Crippen molar-refractivity contribution in [2.75, 3.05) is 17.7 Å². The van der Waals surface area contributed by atoms with Crippen molar-refractivity contribution in [1.82, 2.24) is 14.8 Å². The maximum Gasteiger partial charge on any atom is 0.313 e. The SMILES string of the molecule is CN(Cc1cccc(F)c1)c1nnc(SCC(=O)O)n1C. The third-order valence-electron chi connectivity index (χ3n) is 2.79. The zero-order valence-electron chi connectivity index (χ0n) is 11.7. The van der Waals surface area contributed by atoms with E-state index in [1.807, 2.05) is 18.0 Å². The summed E-state index contributed by atoms with van der Waals surface area (Å²) in [6.07, 6.45) is 0. The summed E-state index contributed by atoms with van der Waals surface area (Å²) < 4.78 is 14.9. The van der Waals surface area contributed by atoms with Gasteiger partial charge in [-0.15, -0.1) is 10.2 Å². The molecule has 0 amide bonds. The first-order valence-corrected chi connectivity index (χ1v) is 7.15. The lowest BCUT2D eigenvalue weighted by Crippen LogP contribution is -2.20. The van der Waals surface area contributed by atoms with E-state index in [9.17, 15) is 9.18 Å². The lowest BCUT2D eigenvalue weighted by Gasteiger charge is -2.17. The number of benzene rings is 1. The summed E-state index contributed by atoms with van der Waals surface area (Å²) in [6, 6.07) is 6.35. The number of aromatic nitrogens is 3. The van der Waals surface area contributed by atoms with Crippen molar-refractivity contribution in [3.63, 3.8) is 0 Å². The molecule has 0 atom stereocenters. The van der Waals surface area contributed by atoms with Crippen LogP contribution in [0.1, 0.15) is 5.56 Å². The highest BCUT2D eigenvalue weighted by atomic mass is 32.2. The molecule has 8 heteroatoms. The predicted octanol–water partition coefficient (Wildman–Crippen LogP) is 1.77. The highest BCUT2D eigenvalue weighted by Crippen LogP contribution is 2.20. The Morgan fingerprint density at radius 2 is 2.24 bits per heavy atom. The largest absolute Gasteiger partial charge is 0.481 e. The monoisotopic (exact) mass is 310 g/mol. The van der Waals surface area contributed by atoms with Crippen molar-refractivity contribution in [3.05, 3.63) is 35.6 Å². The Hall–Kier alpha value is -2.09. The lowest BCUT2D eigenvalue weighted by atomic mass is 10.2. The fraction of sp³-hybridized carbons (Fsp3) is 0.308. The average Bonchev–Trinajstić information content (AvgIpc) is 2.77. The molecule has 0 unspecified atom stereocenters. The summed E-state index contributed by atoms with van der Waals surface area (Å²) in [5, 5.41) is 17.2. The molecule has 0 saturated heterocycles. The van der Waals surface area contributed by atoms with Crippen molar-refractivity contribution in [3.8, 4) is 0 Å². The summed E-state index contributed by atoms with van der Waals surface area (Å²) in [6.45, 7) is 0.479. The molecule has 0 aliphatic heterocycles. The Kier molecular flexibility index (Phi) is 4.79. The number of carbonyl (C=O) groups is 1. The zero-order valence-corrected chi connectivity index (χ0v) is 12.5. The molecule has 21 heavy (non-hydrogen) atoms. The topological polar surface area (TPSA) is 71.2 Å². The van der Waals surface area contributed by atoms with Gasteiger partial charge in [0.05, 0.1) is 5.75 Å². The van der Waals surface area contributed by atoms with Crippen LogP contribution in [0.25, 0.3) is 0 Å². The molecule has 112 valence electrons. The Bertz CT molecular complexity index is 647. The minimum atomic E-state index is -0.905. The van der Waals surface area contributed by atoms with E-state index in [0.717, 1.165) is 17.3 Å². The summed E-state index contributed by atoms with van der Waals surface area (Å²) >= 11 is 1.11. The van der Waals surface area contributed by atoms with Gasteiger partial charge in [-0.05, 0) is 17.7 Å². The van der Waals surface area contributed by atoms with Crippen molar-refractivity contribution < 1.29 is 14.3 Å². The number of aliphatic carboxylic acids is 1. The molecule has 1 aromatic carbocycles. The van der Waals surface area contributed by atoms with E-state index in [0.29, 0.717) is 17.6 Å². The average molecular weight is 310 g/mol. The van der Waals surface area contributed by atoms with Crippen LogP contribution in [0.3, 0.4) is 0 Å². The van der Waals surface area contributed by atoms with E-state index in [1.54, 1.807) is 17.7 Å². The molecule has 2 aromatic rings. The first kappa shape index (κ1) is 15.3. The highest BCUT2D eigenvalue weighted by molar-refractivity contribution is 7.99. The first-order valence-electron chi connectivity index (χ1n) is 6.17. The molecule has 6 nitrogen and oxygen atoms in total. The molecular formula is C13H15FN4O2S. The van der Waals surface area contributed by atoms with Crippen LogP contribution in [0, 0.1) is 5.82 Å². The van der Waals surface area contributed by atoms with Gasteiger partial charge in [0.2, 0.25) is 5.95 Å². The van der Waals surface area contributed by atoms with Crippen LogP contribution in [0.5, 0.6) is 0 Å². The van der Waals surface area contributed by atoms with Crippen LogP contribution in [0.4, 0.5) is 10.3 Å². The molecule has 0 aliphatic carbocycles. The number of rotatable bonds is 6. The molecule has 1 heterocycles. The standard InChI is InChI=1S/C13H15FN4O2S/c1-17(7-9-4-3-5-10(14)6-9)12-15-16-13(18(12)2)21-8-11(19)20/h3-6H,7-8H2,1-2H3,(H,19,20). The number of thioether (sulfide) groups is 1. The van der Waals surface area contributed by atoms with Gasteiger partial charge in [0, 0.05) is 20.6 Å². The summed E-state index contributed by atoms with van der Waals surface area (Å²) in [5.74, 6) is -0.666. The van der Waals surface area contributed by atoms with Crippen molar-refractivity contribution in [1.29, 1.82) is 0 Å². The quantitative estimate of drug-likeness (QED) is 0.820. The van der Waals surface area contributed by atoms with E-state index in [4.69, 9.17) is 5.11 Å². The number of carboxylic acid groups (broad SMARTS) is 1. The van der Waals surface area contributed by atoms with E-state index in [-0.39, 0.29) is 11.6 Å². The Morgan fingerprint density at radius 1 is 1.48 bits per heavy atom. The van der Waals surface area contributed by atoms with Crippen molar-refractivity contribution in [2.45, 2.75) is 11.7 Å². The molecule has 2 rings (SSSR count). The van der Waals surface area contributed by atoms with E-state index < -0.39 is 5.97 Å². The molecule has 0 bridgehead atoms. The third-order valence-corrected chi connectivity index (χ3v) is 3.79. The molecule has 0 fully saturated rings. The third kappa shape index (κ3) is 3.94. The molecular weight excluding hydrogens is 295 g/mol. The summed E-state index contributed by atoms with van der Waals surface area (Å²) in [4.78, 5) is 12.4. The van der Waals surface area contributed by atoms with Crippen molar-refractivity contribution in [2.24, 2.45) is 7.05 Å². The maximum absolute atomic E-state index is 13.2. The van der Waals surface area contributed by atoms with Gasteiger partial charge in [0.15, 0.2) is 5.16 Å². The smallest absolute Gasteiger partial charge is 0.313 e. The lowest BCUT2D eigenvalue weighted by molar-refractivity contribution is -0.133. The number of carboxylic acids is 1. The van der Waals surface area contributed by atoms with Crippen molar-refractivity contribution >= 4 is 23.7 Å². The van der Waals surface area contributed by atoms with Crippen LogP contribution in [0.2, 0.25) is 0 Å². The number of hydrogen-bond acceptors (Lipinski definition) is 5. The summed E-state index contributed by atoms with van der Waals surface area (Å²) in [7, 11) is 3.59. The van der Waals surface area contributed by atoms with Gasteiger partial charge in [0.1, 0.15) is 5.82 Å². The maximum atomic E-state index is 13.2. The zero-order chi connectivity index (χ0) is 15.4. The number of hydrogen-bond donors (Lipinski definition) is 1. The van der Waals surface area contributed by atoms with Gasteiger partial charge < -0.3 is 10.0 Å². The molecule has 0 spiro atoms. The minimum Gasteiger partial charge on any atom is -0.481 e. The Balaban J connectivity index is 2.09. The van der Waals surface area contributed by atoms with Crippen LogP contribution in [-0.2, 0) is 18.4 Å². The van der Waals surface area contributed by atoms with E-state index in [2.05, 4.69) is 10.2 Å². The van der Waals surface area contributed by atoms with E-state index >= 15 is 0 Å². The van der Waals surface area contributed by atoms with Gasteiger partial charge in [-0.25, -0.2) is 4.39 Å². The van der Waals surface area contributed by atoms with Crippen LogP contribution < -0.4 is 4.90 Å². The second-order valence-electron chi connectivity index (χ2n) is 4.51. The molecule has 0 saturated carbocycles. The Morgan fingerprint density at radius 3 is 2.90 bits per heavy atom. The molecule has 1 aromatic heterocycles. The molecule has 0 aliphatic rings. The van der Waals surface area contributed by atoms with Crippen LogP contribution >= 0.6 is 11.8 Å². The fourth-order valence-corrected chi connectivity index (χ4v) is 2.50. The normalized spacial score (nSPS) is 10.6. The van der Waals surface area contributed by atoms with Gasteiger partial charge in [-0.2, -0.15) is 0 Å². The van der Waals surface area contributed by atoms with Crippen LogP contribution in [-0.4, -0.2) is 38.6 Å².